The van der Waals surface area contributed by atoms with Crippen LogP contribution in [0.1, 0.15) is 21.8 Å². The van der Waals surface area contributed by atoms with E-state index in [1.54, 1.807) is 44.3 Å². The fourth-order valence-corrected chi connectivity index (χ4v) is 1.67. The Kier molecular flexibility index (Phi) is 3.69. The van der Waals surface area contributed by atoms with Crippen molar-refractivity contribution < 1.29 is 14.5 Å². The summed E-state index contributed by atoms with van der Waals surface area (Å²) in [4.78, 5) is 13.6. The molecule has 0 aliphatic heterocycles. The fraction of sp³-hybridized carbons (Fsp3) is 0.154. The maximum atomic E-state index is 12.1. The van der Waals surface area contributed by atoms with Crippen LogP contribution in [0.25, 0.3) is 0 Å². The number of nitrogens with two attached hydrogens (primary N) is 1. The van der Waals surface area contributed by atoms with Crippen LogP contribution in [0.4, 0.5) is 5.69 Å². The third-order valence-corrected chi connectivity index (χ3v) is 2.81. The molecule has 0 bridgehead atoms. The second kappa shape index (κ2) is 5.43. The summed E-state index contributed by atoms with van der Waals surface area (Å²) in [5, 5.41) is 15.2. The van der Waals surface area contributed by atoms with Crippen LogP contribution in [0.5, 0.6) is 0 Å². The Hall–Kier alpha value is -2.83. The second-order valence-corrected chi connectivity index (χ2v) is 4.22. The average Bonchev–Trinajstić information content (AvgIpc) is 2.91. The van der Waals surface area contributed by atoms with E-state index in [9.17, 15) is 4.79 Å². The lowest BCUT2D eigenvalue weighted by atomic mass is 10.2. The van der Waals surface area contributed by atoms with Gasteiger partial charge in [-0.05, 0) is 31.2 Å². The monoisotopic (exact) mass is 274 g/mol. The van der Waals surface area contributed by atoms with Crippen LogP contribution in [0, 0.1) is 6.92 Å². The van der Waals surface area contributed by atoms with Crippen molar-refractivity contribution in [1.82, 2.24) is 5.16 Å². The number of anilines is 1. The number of hydrogen-bond acceptors (Lipinski definition) is 5. The Labute approximate surface area is 115 Å². The third-order valence-electron chi connectivity index (χ3n) is 2.81. The van der Waals surface area contributed by atoms with E-state index in [4.69, 9.17) is 15.5 Å². The smallest absolute Gasteiger partial charge is 0.280 e. The average molecular weight is 274 g/mol. The number of benzene rings is 1. The van der Waals surface area contributed by atoms with Gasteiger partial charge in [-0.1, -0.05) is 10.3 Å². The SMILES string of the molecule is Cc1cc(C(=O)N(C)c2ccc(C(N)=NO)cc2)no1. The lowest BCUT2D eigenvalue weighted by Crippen LogP contribution is -2.26. The molecule has 1 aromatic carbocycles. The van der Waals surface area contributed by atoms with E-state index in [-0.39, 0.29) is 17.4 Å². The molecule has 0 aliphatic carbocycles. The molecule has 7 heteroatoms. The zero-order valence-electron chi connectivity index (χ0n) is 11.1. The highest BCUT2D eigenvalue weighted by Gasteiger charge is 2.17. The first-order valence-corrected chi connectivity index (χ1v) is 5.82. The van der Waals surface area contributed by atoms with Gasteiger partial charge in [0.25, 0.3) is 5.91 Å². The quantitative estimate of drug-likeness (QED) is 0.380. The van der Waals surface area contributed by atoms with Gasteiger partial charge in [-0.15, -0.1) is 0 Å². The predicted octanol–water partition coefficient (Wildman–Crippen LogP) is 1.35. The van der Waals surface area contributed by atoms with Crippen molar-refractivity contribution >= 4 is 17.4 Å². The van der Waals surface area contributed by atoms with Crippen molar-refractivity contribution in [3.63, 3.8) is 0 Å². The molecule has 0 spiro atoms. The van der Waals surface area contributed by atoms with Crippen LogP contribution in [0.2, 0.25) is 0 Å². The van der Waals surface area contributed by atoms with E-state index in [0.29, 0.717) is 17.0 Å². The van der Waals surface area contributed by atoms with Crippen molar-refractivity contribution in [2.75, 3.05) is 11.9 Å². The Morgan fingerprint density at radius 2 is 2.05 bits per heavy atom. The van der Waals surface area contributed by atoms with E-state index >= 15 is 0 Å². The largest absolute Gasteiger partial charge is 0.409 e. The number of carbonyl (C=O) groups excluding carboxylic acids is 1. The zero-order valence-corrected chi connectivity index (χ0v) is 11.1. The molecule has 7 nitrogen and oxygen atoms in total. The van der Waals surface area contributed by atoms with Crippen molar-refractivity contribution in [2.24, 2.45) is 10.9 Å². The molecule has 2 aromatic rings. The summed E-state index contributed by atoms with van der Waals surface area (Å²) < 4.78 is 4.88. The zero-order chi connectivity index (χ0) is 14.7. The number of nitrogens with zero attached hydrogens (tertiary/aromatic N) is 3. The molecule has 1 amide bonds. The molecule has 0 fully saturated rings. The van der Waals surface area contributed by atoms with E-state index in [0.717, 1.165) is 0 Å². The molecule has 104 valence electrons. The lowest BCUT2D eigenvalue weighted by molar-refractivity contribution is 0.0984. The molecular formula is C13H14N4O3. The number of rotatable bonds is 3. The molecule has 0 saturated carbocycles. The van der Waals surface area contributed by atoms with Gasteiger partial charge in [0, 0.05) is 24.4 Å². The minimum atomic E-state index is -0.279. The topological polar surface area (TPSA) is 105 Å². The number of aromatic nitrogens is 1. The van der Waals surface area contributed by atoms with Crippen LogP contribution in [0.3, 0.4) is 0 Å². The highest BCUT2D eigenvalue weighted by molar-refractivity contribution is 6.04. The first-order chi connectivity index (χ1) is 9.52. The Morgan fingerprint density at radius 3 is 2.55 bits per heavy atom. The van der Waals surface area contributed by atoms with Crippen LogP contribution in [0.15, 0.2) is 40.0 Å². The number of carbonyl (C=O) groups is 1. The van der Waals surface area contributed by atoms with Crippen molar-refractivity contribution in [3.8, 4) is 0 Å². The molecular weight excluding hydrogens is 260 g/mol. The molecule has 0 radical (unpaired) electrons. The second-order valence-electron chi connectivity index (χ2n) is 4.22. The molecule has 20 heavy (non-hydrogen) atoms. The summed E-state index contributed by atoms with van der Waals surface area (Å²) in [5.74, 6) is 0.306. The number of amides is 1. The summed E-state index contributed by atoms with van der Waals surface area (Å²) in [6, 6.07) is 8.27. The maximum Gasteiger partial charge on any atom is 0.280 e. The fourth-order valence-electron chi connectivity index (χ4n) is 1.67. The molecule has 0 atom stereocenters. The summed E-state index contributed by atoms with van der Waals surface area (Å²) >= 11 is 0. The maximum absolute atomic E-state index is 12.1. The van der Waals surface area contributed by atoms with Crippen LogP contribution >= 0.6 is 0 Å². The molecule has 0 aliphatic rings. The standard InChI is InChI=1S/C13H14N4O3/c1-8-7-11(16-20-8)13(18)17(2)10-5-3-9(4-6-10)12(14)15-19/h3-7,19H,1-2H3,(H2,14,15). The predicted molar refractivity (Wildman–Crippen MR) is 72.9 cm³/mol. The molecule has 1 heterocycles. The number of aryl methyl sites for hydroxylation is 1. The molecule has 1 aromatic heterocycles. The van der Waals surface area contributed by atoms with Crippen LogP contribution in [-0.4, -0.2) is 29.2 Å². The van der Waals surface area contributed by atoms with Crippen molar-refractivity contribution in [2.45, 2.75) is 6.92 Å². The summed E-state index contributed by atoms with van der Waals surface area (Å²) in [5.41, 5.74) is 6.93. The Bertz CT molecular complexity index is 646. The van der Waals surface area contributed by atoms with Gasteiger partial charge in [0.1, 0.15) is 5.76 Å². The number of oxime groups is 1. The highest BCUT2D eigenvalue weighted by atomic mass is 16.5. The van der Waals surface area contributed by atoms with Crippen molar-refractivity contribution in [1.29, 1.82) is 0 Å². The van der Waals surface area contributed by atoms with Gasteiger partial charge in [-0.25, -0.2) is 0 Å². The normalized spacial score (nSPS) is 11.4. The van der Waals surface area contributed by atoms with Gasteiger partial charge in [0.15, 0.2) is 11.5 Å². The molecule has 0 saturated heterocycles. The Balaban J connectivity index is 2.21. The van der Waals surface area contributed by atoms with E-state index in [1.807, 2.05) is 0 Å². The van der Waals surface area contributed by atoms with Gasteiger partial charge >= 0.3 is 0 Å². The lowest BCUT2D eigenvalue weighted by Gasteiger charge is -2.16. The first kappa shape index (κ1) is 13.6. The van der Waals surface area contributed by atoms with Gasteiger partial charge in [-0.3, -0.25) is 4.79 Å². The van der Waals surface area contributed by atoms with Gasteiger partial charge in [0.2, 0.25) is 0 Å². The van der Waals surface area contributed by atoms with Gasteiger partial charge in [-0.2, -0.15) is 0 Å². The first-order valence-electron chi connectivity index (χ1n) is 5.82. The Morgan fingerprint density at radius 1 is 1.40 bits per heavy atom. The van der Waals surface area contributed by atoms with Crippen LogP contribution in [-0.2, 0) is 0 Å². The van der Waals surface area contributed by atoms with Crippen molar-refractivity contribution in [3.05, 3.63) is 47.3 Å². The minimum Gasteiger partial charge on any atom is -0.409 e. The van der Waals surface area contributed by atoms with Crippen LogP contribution < -0.4 is 10.6 Å². The summed E-state index contributed by atoms with van der Waals surface area (Å²) in [6.07, 6.45) is 0. The number of hydrogen-bond donors (Lipinski definition) is 2. The van der Waals surface area contributed by atoms with E-state index in [2.05, 4.69) is 10.3 Å². The molecule has 3 N–H and O–H groups in total. The third kappa shape index (κ3) is 2.61. The summed E-state index contributed by atoms with van der Waals surface area (Å²) in [7, 11) is 1.63. The minimum absolute atomic E-state index is 0.0117. The van der Waals surface area contributed by atoms with E-state index < -0.39 is 0 Å². The molecule has 0 unspecified atom stereocenters. The van der Waals surface area contributed by atoms with Gasteiger partial charge < -0.3 is 20.4 Å². The van der Waals surface area contributed by atoms with Gasteiger partial charge in [0.05, 0.1) is 0 Å². The summed E-state index contributed by atoms with van der Waals surface area (Å²) in [6.45, 7) is 1.72. The molecule has 2 rings (SSSR count). The highest BCUT2D eigenvalue weighted by Crippen LogP contribution is 2.16. The number of amidine groups is 1. The van der Waals surface area contributed by atoms with E-state index in [1.165, 1.54) is 4.90 Å².